The van der Waals surface area contributed by atoms with E-state index in [1.54, 1.807) is 65.7 Å². The van der Waals surface area contributed by atoms with Crippen molar-refractivity contribution in [2.75, 3.05) is 54.5 Å². The van der Waals surface area contributed by atoms with Crippen molar-refractivity contribution < 1.29 is 60.3 Å². The van der Waals surface area contributed by atoms with E-state index in [2.05, 4.69) is 26.6 Å². The molecule has 0 spiro atoms. The fourth-order valence-corrected chi connectivity index (χ4v) is 10.8. The molecule has 0 bridgehead atoms. The summed E-state index contributed by atoms with van der Waals surface area (Å²) in [5, 5.41) is 24.9. The van der Waals surface area contributed by atoms with Crippen LogP contribution in [0.3, 0.4) is 0 Å². The monoisotopic (exact) mass is 1150 g/mol. The van der Waals surface area contributed by atoms with Crippen LogP contribution in [0.4, 0.5) is 58.8 Å². The van der Waals surface area contributed by atoms with E-state index >= 15 is 0 Å². The van der Waals surface area contributed by atoms with Crippen molar-refractivity contribution in [2.45, 2.75) is 43.9 Å². The lowest BCUT2D eigenvalue weighted by atomic mass is 9.94. The maximum atomic E-state index is 14.7. The molecule has 84 heavy (non-hydrogen) atoms. The molecule has 7 amide bonds. The summed E-state index contributed by atoms with van der Waals surface area (Å²) < 4.78 is 84.1. The molecular weight excluding hydrogens is 1100 g/mol. The van der Waals surface area contributed by atoms with Crippen LogP contribution in [0.15, 0.2) is 162 Å². The number of aromatic nitrogens is 1. The van der Waals surface area contributed by atoms with Gasteiger partial charge in [0, 0.05) is 37.9 Å². The Morgan fingerprint density at radius 3 is 1.61 bits per heavy atom. The van der Waals surface area contributed by atoms with Crippen LogP contribution in [-0.4, -0.2) is 88.7 Å². The Kier molecular flexibility index (Phi) is 15.1. The van der Waals surface area contributed by atoms with Crippen molar-refractivity contribution in [3.8, 4) is 12.1 Å². The predicted octanol–water partition coefficient (Wildman–Crippen LogP) is 7.71. The Labute approximate surface area is 475 Å². The third-order valence-corrected chi connectivity index (χ3v) is 14.9. The molecule has 0 saturated heterocycles. The van der Waals surface area contributed by atoms with Crippen molar-refractivity contribution >= 4 is 52.7 Å². The number of carbonyl (C=O) groups excluding carboxylic acids is 5. The standard InChI is InChI=1S/C59H47F6N13O6/c60-58(61,62)41-6-1-8-43(28-41)76-46-32-74(54(80)48(46)50(69-56(76)82)38-17-11-35(30-66)12-18-38)26-4-24-73(53(79)40-21-15-37(16-22-40)34-84-78-52-45(71-72-78)10-3-23-68-52)25-5-27-75-33-47-49(55(75)81)51(39-19-13-36(31-67)14-20-39)70-57(83)77(47)44-9-2-7-42(29-44)59(63,64)65/h1-3,6-23,28-29,50-51,71-72H,4-5,24-27,32-34H2,(H,69,82)(H,70,83)/p+1/t50-,51-/m1/s1. The van der Waals surface area contributed by atoms with E-state index in [4.69, 9.17) is 4.84 Å². The van der Waals surface area contributed by atoms with Gasteiger partial charge in [-0.2, -0.15) is 46.7 Å². The summed E-state index contributed by atoms with van der Waals surface area (Å²) in [4.78, 5) is 88.8. The average Bonchev–Trinajstić information content (AvgIpc) is 1.83. The molecular formula is C59H48F6N13O6+. The Morgan fingerprint density at radius 1 is 0.655 bits per heavy atom. The number of halogens is 6. The quantitative estimate of drug-likeness (QED) is 0.0591. The van der Waals surface area contributed by atoms with E-state index in [0.29, 0.717) is 38.8 Å². The minimum Gasteiger partial charge on any atom is -0.339 e. The van der Waals surface area contributed by atoms with Crippen LogP contribution in [-0.2, 0) is 33.4 Å². The summed E-state index contributed by atoms with van der Waals surface area (Å²) in [5.74, 6) is -0.886. The molecule has 3 atom stereocenters. The largest absolute Gasteiger partial charge is 0.416 e. The van der Waals surface area contributed by atoms with Crippen LogP contribution >= 0.6 is 0 Å². The van der Waals surface area contributed by atoms with Gasteiger partial charge >= 0.3 is 30.2 Å². The lowest BCUT2D eigenvalue weighted by Gasteiger charge is -2.34. The lowest BCUT2D eigenvalue weighted by molar-refractivity contribution is -1.07. The molecule has 5 aromatic carbocycles. The highest BCUT2D eigenvalue weighted by Crippen LogP contribution is 2.42. The second kappa shape index (κ2) is 22.7. The van der Waals surface area contributed by atoms with Gasteiger partial charge in [-0.3, -0.25) is 29.6 Å². The molecule has 25 heteroatoms. The minimum absolute atomic E-state index is 0.000696. The van der Waals surface area contributed by atoms with Gasteiger partial charge in [0.15, 0.2) is 0 Å². The first-order valence-electron chi connectivity index (χ1n) is 26.3. The van der Waals surface area contributed by atoms with Crippen LogP contribution in [0.1, 0.15) is 74.2 Å². The molecule has 6 aromatic rings. The highest BCUT2D eigenvalue weighted by atomic mass is 19.4. The third-order valence-electron chi connectivity index (χ3n) is 14.9. The van der Waals surface area contributed by atoms with Gasteiger partial charge in [0.05, 0.1) is 93.5 Å². The lowest BCUT2D eigenvalue weighted by Crippen LogP contribution is -3.12. The number of carbonyl (C=O) groups is 5. The Morgan fingerprint density at radius 2 is 1.14 bits per heavy atom. The smallest absolute Gasteiger partial charge is 0.339 e. The van der Waals surface area contributed by atoms with Gasteiger partial charge in [0.2, 0.25) is 0 Å². The van der Waals surface area contributed by atoms with Crippen LogP contribution in [0.5, 0.6) is 0 Å². The van der Waals surface area contributed by atoms with Crippen molar-refractivity contribution in [1.82, 2.24) is 35.9 Å². The maximum absolute atomic E-state index is 14.7. The van der Waals surface area contributed by atoms with Gasteiger partial charge in [0.25, 0.3) is 17.7 Å². The first-order chi connectivity index (χ1) is 40.4. The number of quaternary nitrogens is 1. The van der Waals surface area contributed by atoms with Gasteiger partial charge in [0.1, 0.15) is 12.3 Å². The second-order valence-corrected chi connectivity index (χ2v) is 20.1. The van der Waals surface area contributed by atoms with Crippen molar-refractivity contribution in [3.63, 3.8) is 0 Å². The number of nitrogens with zero attached hydrogens (tertiary/aromatic N) is 8. The zero-order chi connectivity index (χ0) is 59.0. The fraction of sp³-hybridized carbons (Fsp3) is 0.220. The number of pyridine rings is 1. The number of hydrogen-bond donors (Lipinski definition) is 5. The SMILES string of the molecule is N#Cc1ccc([C@H]2NC(=O)N(c3cccc(C(F)(F)F)c3)C3=C2C(=O)N(CCCN(CCCN2CC4=C(C2=O)[C@@H](c2ccc(C#N)cc2)NC(=O)N4c2cccc(C(F)(F)F)c2)C(=O)c2ccc(CO[NH+]4NNc5cccnc54)cc2)C3)cc1. The van der Waals surface area contributed by atoms with Crippen molar-refractivity contribution in [2.24, 2.45) is 0 Å². The summed E-state index contributed by atoms with van der Waals surface area (Å²) in [7, 11) is 0. The third kappa shape index (κ3) is 11.1. The molecule has 19 nitrogen and oxygen atoms in total. The van der Waals surface area contributed by atoms with E-state index in [0.717, 1.165) is 51.9 Å². The molecule has 5 aliphatic heterocycles. The van der Waals surface area contributed by atoms with E-state index in [1.165, 1.54) is 46.2 Å². The first kappa shape index (κ1) is 55.8. The van der Waals surface area contributed by atoms with Crippen LogP contribution in [0, 0.1) is 22.7 Å². The van der Waals surface area contributed by atoms with Crippen molar-refractivity contribution in [1.29, 1.82) is 10.5 Å². The number of amides is 7. The highest BCUT2D eigenvalue weighted by molar-refractivity contribution is 6.08. The van der Waals surface area contributed by atoms with Gasteiger partial charge in [-0.05, 0) is 125 Å². The Balaban J connectivity index is 0.841. The van der Waals surface area contributed by atoms with Crippen LogP contribution in [0.25, 0.3) is 0 Å². The van der Waals surface area contributed by atoms with E-state index < -0.39 is 65.3 Å². The number of nitrogens with one attached hydrogen (secondary N) is 5. The molecule has 0 radical (unpaired) electrons. The number of benzene rings is 5. The second-order valence-electron chi connectivity index (χ2n) is 20.1. The van der Waals surface area contributed by atoms with Gasteiger partial charge in [-0.1, -0.05) is 48.5 Å². The molecule has 0 fully saturated rings. The maximum Gasteiger partial charge on any atom is 0.416 e. The van der Waals surface area contributed by atoms with Crippen LogP contribution in [0.2, 0.25) is 0 Å². The first-order valence-corrected chi connectivity index (χ1v) is 26.3. The topological polar surface area (TPSA) is 224 Å². The van der Waals surface area contributed by atoms with E-state index in [-0.39, 0.29) is 98.2 Å². The van der Waals surface area contributed by atoms with Gasteiger partial charge < -0.3 is 25.3 Å². The normalized spacial score (nSPS) is 18.5. The van der Waals surface area contributed by atoms with E-state index in [9.17, 15) is 60.8 Å². The number of rotatable bonds is 16. The molecule has 0 aliphatic carbocycles. The molecule has 1 aromatic heterocycles. The number of hydrogen-bond acceptors (Lipinski definition) is 11. The molecule has 5 aliphatic rings. The zero-order valence-corrected chi connectivity index (χ0v) is 44.1. The minimum atomic E-state index is -4.75. The predicted molar refractivity (Wildman–Crippen MR) is 288 cm³/mol. The Bertz CT molecular complexity index is 3580. The summed E-state index contributed by atoms with van der Waals surface area (Å²) >= 11 is 0. The zero-order valence-electron chi connectivity index (χ0n) is 44.1. The summed E-state index contributed by atoms with van der Waals surface area (Å²) in [6, 6.07) is 31.4. The van der Waals surface area contributed by atoms with Crippen LogP contribution < -0.4 is 36.6 Å². The average molecular weight is 1150 g/mol. The number of nitriles is 2. The van der Waals surface area contributed by atoms with E-state index in [1.807, 2.05) is 18.2 Å². The van der Waals surface area contributed by atoms with Crippen molar-refractivity contribution in [3.05, 3.63) is 207 Å². The summed E-state index contributed by atoms with van der Waals surface area (Å²) in [6.07, 6.45) is -7.57. The van der Waals surface area contributed by atoms with Gasteiger partial charge in [-0.15, -0.1) is 0 Å². The number of fused-ring (bicyclic) bond motifs is 1. The Hall–Kier alpha value is -10.1. The molecule has 5 N–H and O–H groups in total. The number of alkyl halides is 6. The number of anilines is 3. The van der Waals surface area contributed by atoms with Gasteiger partial charge in [-0.25, -0.2) is 9.59 Å². The summed E-state index contributed by atoms with van der Waals surface area (Å²) in [5.41, 5.74) is 7.37. The number of urea groups is 2. The number of hydrazine groups is 1. The molecule has 1 unspecified atom stereocenters. The molecule has 0 saturated carbocycles. The molecule has 11 rings (SSSR count). The molecule has 6 heterocycles. The molecule has 426 valence electrons. The fourth-order valence-electron chi connectivity index (χ4n) is 10.8. The highest BCUT2D eigenvalue weighted by Gasteiger charge is 2.47. The summed E-state index contributed by atoms with van der Waals surface area (Å²) in [6.45, 7) is -0.218.